The number of hydrogen-bond donors (Lipinski definition) is 6. The van der Waals surface area contributed by atoms with Crippen molar-refractivity contribution in [3.8, 4) is 44.5 Å². The minimum Gasteiger partial charge on any atom is -0.367 e. The van der Waals surface area contributed by atoms with Crippen molar-refractivity contribution in [1.29, 1.82) is 0 Å². The van der Waals surface area contributed by atoms with E-state index < -0.39 is 5.54 Å². The van der Waals surface area contributed by atoms with E-state index in [2.05, 4.69) is 142 Å². The van der Waals surface area contributed by atoms with Crippen LogP contribution in [0.15, 0.2) is 250 Å². The summed E-state index contributed by atoms with van der Waals surface area (Å²) in [6, 6.07) is 70.6. The quantitative estimate of drug-likeness (QED) is 0.0443. The van der Waals surface area contributed by atoms with Gasteiger partial charge in [0.1, 0.15) is 5.54 Å². The molecule has 2 aliphatic heterocycles. The molecule has 3 aromatic heterocycles. The molecule has 12 rings (SSSR count). The van der Waals surface area contributed by atoms with E-state index in [0.717, 1.165) is 39.0 Å². The number of nitrogens with one attached hydrogen (secondary N) is 6. The zero-order chi connectivity index (χ0) is 56.9. The van der Waals surface area contributed by atoms with Gasteiger partial charge in [0.25, 0.3) is 0 Å². The molecule has 0 fully saturated rings. The molecule has 0 spiro atoms. The molecule has 0 aliphatic carbocycles. The number of benzene rings is 7. The third kappa shape index (κ3) is 10.1. The van der Waals surface area contributed by atoms with Gasteiger partial charge in [0.15, 0.2) is 0 Å². The lowest BCUT2D eigenvalue weighted by Crippen LogP contribution is -2.38. The molecule has 0 saturated carbocycles. The average molecular weight is 1080 g/mol. The fourth-order valence-electron chi connectivity index (χ4n) is 11.1. The Balaban J connectivity index is 1.23. The molecule has 0 unspecified atom stereocenters. The van der Waals surface area contributed by atoms with Crippen LogP contribution in [0.1, 0.15) is 39.5 Å². The smallest absolute Gasteiger partial charge is 0.247 e. The number of aromatic nitrogens is 4. The van der Waals surface area contributed by atoms with Crippen molar-refractivity contribution in [3.05, 3.63) is 290 Å². The zero-order valence-corrected chi connectivity index (χ0v) is 45.0. The van der Waals surface area contributed by atoms with Crippen LogP contribution in [0.4, 0.5) is 22.7 Å². The maximum Gasteiger partial charge on any atom is 0.247 e. The fourth-order valence-corrected chi connectivity index (χ4v) is 11.1. The van der Waals surface area contributed by atoms with Gasteiger partial charge in [0.05, 0.1) is 22.8 Å². The summed E-state index contributed by atoms with van der Waals surface area (Å²) in [6.45, 7) is 11.2. The van der Waals surface area contributed by atoms with Crippen molar-refractivity contribution in [1.82, 2.24) is 19.9 Å². The van der Waals surface area contributed by atoms with Gasteiger partial charge in [0.2, 0.25) is 17.7 Å². The molecule has 83 heavy (non-hydrogen) atoms. The minimum absolute atomic E-state index is 0.372. The molecule has 11 heteroatoms. The van der Waals surface area contributed by atoms with Crippen LogP contribution in [-0.2, 0) is 19.9 Å². The van der Waals surface area contributed by atoms with Gasteiger partial charge in [-0.25, -0.2) is 9.97 Å². The van der Waals surface area contributed by atoms with Crippen molar-refractivity contribution in [2.45, 2.75) is 5.54 Å². The first-order chi connectivity index (χ1) is 40.7. The minimum atomic E-state index is -0.897. The molecule has 2 aliphatic rings. The molecule has 5 heterocycles. The largest absolute Gasteiger partial charge is 0.367 e. The predicted octanol–water partition coefficient (Wildman–Crippen LogP) is 16.1. The van der Waals surface area contributed by atoms with Crippen molar-refractivity contribution in [3.63, 3.8) is 0 Å². The van der Waals surface area contributed by atoms with Crippen LogP contribution < -0.4 is 21.3 Å². The third-order valence-electron chi connectivity index (χ3n) is 14.8. The number of nitrogens with zero attached hydrogens (tertiary/aromatic N) is 2. The standard InChI is InChI=1S/C72H54N8O3/c1-4-65(81)77-53-34-20-16-30-49(53)68-57-38-40-59(73-57)69(50-31-17-21-35-54(50)78-66(82)5-2)61-42-44-63(75-61)71(64-45-43-62(76-64)70(60-41-39-58(68)74-60)51-32-18-22-36-55(51)79-67(83)6-3)52-33-19-23-37-56(52)80-72(46-24-10-7-11-25-46,47-26-12-8-13-27-47)48-28-14-9-15-29-48/h4-45,73,76,80H,1-3H2,(H,77,81)(H,78,82)(H,79,83). The first kappa shape index (κ1) is 52.3. The van der Waals surface area contributed by atoms with Crippen LogP contribution in [0.5, 0.6) is 0 Å². The zero-order valence-electron chi connectivity index (χ0n) is 45.0. The maximum absolute atomic E-state index is 13.2. The van der Waals surface area contributed by atoms with Gasteiger partial charge in [-0.1, -0.05) is 184 Å². The van der Waals surface area contributed by atoms with Gasteiger partial charge in [-0.2, -0.15) is 0 Å². The summed E-state index contributed by atoms with van der Waals surface area (Å²) in [7, 11) is 0. The van der Waals surface area contributed by atoms with Crippen LogP contribution in [-0.4, -0.2) is 37.7 Å². The Morgan fingerprint density at radius 3 is 0.880 bits per heavy atom. The van der Waals surface area contributed by atoms with Gasteiger partial charge in [0, 0.05) is 89.3 Å². The Kier molecular flexibility index (Phi) is 14.3. The Labute approximate surface area is 479 Å². The summed E-state index contributed by atoms with van der Waals surface area (Å²) in [5, 5.41) is 13.3. The molecule has 400 valence electrons. The summed E-state index contributed by atoms with van der Waals surface area (Å²) < 4.78 is 0. The fraction of sp³-hybridized carbons (Fsp3) is 0.0139. The number of rotatable bonds is 15. The first-order valence-corrected chi connectivity index (χ1v) is 27.0. The van der Waals surface area contributed by atoms with E-state index in [4.69, 9.17) is 9.97 Å². The van der Waals surface area contributed by atoms with E-state index in [9.17, 15) is 14.4 Å². The maximum atomic E-state index is 13.2. The number of amides is 3. The summed E-state index contributed by atoms with van der Waals surface area (Å²) in [5.74, 6) is -1.12. The van der Waals surface area contributed by atoms with Crippen molar-refractivity contribution in [2.24, 2.45) is 0 Å². The van der Waals surface area contributed by atoms with Crippen molar-refractivity contribution < 1.29 is 14.4 Å². The lowest BCUT2D eigenvalue weighted by atomic mass is 9.76. The Morgan fingerprint density at radius 2 is 0.590 bits per heavy atom. The lowest BCUT2D eigenvalue weighted by molar-refractivity contribution is -0.112. The highest BCUT2D eigenvalue weighted by Gasteiger charge is 2.37. The highest BCUT2D eigenvalue weighted by Crippen LogP contribution is 2.46. The van der Waals surface area contributed by atoms with Crippen LogP contribution in [0, 0.1) is 0 Å². The van der Waals surface area contributed by atoms with Gasteiger partial charge in [-0.05, 0) is 108 Å². The number of fused-ring (bicyclic) bond motifs is 8. The number of carbonyl (C=O) groups is 3. The van der Waals surface area contributed by atoms with Crippen LogP contribution in [0.3, 0.4) is 0 Å². The average Bonchev–Trinajstić information content (AvgIpc) is 4.59. The van der Waals surface area contributed by atoms with E-state index in [1.54, 1.807) is 0 Å². The van der Waals surface area contributed by atoms with Crippen molar-refractivity contribution >= 4 is 86.8 Å². The number of aromatic amines is 2. The summed E-state index contributed by atoms with van der Waals surface area (Å²) in [6.07, 6.45) is 11.7. The highest BCUT2D eigenvalue weighted by molar-refractivity contribution is 6.09. The van der Waals surface area contributed by atoms with Crippen LogP contribution in [0.2, 0.25) is 0 Å². The summed E-state index contributed by atoms with van der Waals surface area (Å²) in [4.78, 5) is 58.3. The highest BCUT2D eigenvalue weighted by atomic mass is 16.2. The molecule has 10 aromatic rings. The van der Waals surface area contributed by atoms with E-state index >= 15 is 0 Å². The molecule has 0 atom stereocenters. The normalized spacial score (nSPS) is 11.6. The number of carbonyl (C=O) groups excluding carboxylic acids is 3. The SMILES string of the molecule is C=CC(=O)Nc1ccccc1-c1c2nc(c(-c3ccccc3NC(=O)C=C)c3ccc([nH]3)c(-c3ccccc3NC(c3ccccc3)(c3ccccc3)c3ccccc3)c3nc(c(-c4ccccc4NC(=O)C=C)c4ccc1[nH]4)C=C3)C=C2. The Morgan fingerprint density at radius 1 is 0.337 bits per heavy atom. The molecule has 0 saturated heterocycles. The Bertz CT molecular complexity index is 4300. The molecule has 7 aromatic carbocycles. The monoisotopic (exact) mass is 1080 g/mol. The molecular formula is C72H54N8O3. The molecule has 6 N–H and O–H groups in total. The van der Waals surface area contributed by atoms with Gasteiger partial charge in [-0.3, -0.25) is 14.4 Å². The number of para-hydroxylation sites is 4. The van der Waals surface area contributed by atoms with E-state index in [1.807, 2.05) is 146 Å². The van der Waals surface area contributed by atoms with E-state index in [-0.39, 0.29) is 17.7 Å². The number of hydrogen-bond acceptors (Lipinski definition) is 6. The second kappa shape index (κ2) is 22.7. The predicted molar refractivity (Wildman–Crippen MR) is 340 cm³/mol. The lowest BCUT2D eigenvalue weighted by Gasteiger charge is -2.38. The summed E-state index contributed by atoms with van der Waals surface area (Å²) >= 11 is 0. The van der Waals surface area contributed by atoms with Gasteiger partial charge >= 0.3 is 0 Å². The van der Waals surface area contributed by atoms with E-state index in [1.165, 1.54) is 18.2 Å². The number of anilines is 4. The van der Waals surface area contributed by atoms with Crippen LogP contribution in [0.25, 0.3) is 90.9 Å². The molecule has 3 amide bonds. The topological polar surface area (TPSA) is 157 Å². The van der Waals surface area contributed by atoms with Crippen molar-refractivity contribution in [2.75, 3.05) is 21.3 Å². The Hall–Kier alpha value is -11.4. The molecule has 11 nitrogen and oxygen atoms in total. The first-order valence-electron chi connectivity index (χ1n) is 27.0. The third-order valence-corrected chi connectivity index (χ3v) is 14.8. The number of H-pyrrole nitrogens is 2. The van der Waals surface area contributed by atoms with Gasteiger partial charge < -0.3 is 31.2 Å². The summed E-state index contributed by atoms with van der Waals surface area (Å²) in [5.41, 5.74) is 15.6. The molecule has 8 bridgehead atoms. The second-order valence-electron chi connectivity index (χ2n) is 19.7. The van der Waals surface area contributed by atoms with E-state index in [0.29, 0.717) is 89.8 Å². The molecule has 0 radical (unpaired) electrons. The second-order valence-corrected chi connectivity index (χ2v) is 19.7. The molecular weight excluding hydrogens is 1020 g/mol. The van der Waals surface area contributed by atoms with Gasteiger partial charge in [-0.15, -0.1) is 0 Å². The van der Waals surface area contributed by atoms with Crippen LogP contribution >= 0.6 is 0 Å².